The van der Waals surface area contributed by atoms with Gasteiger partial charge >= 0.3 is 5.97 Å². The normalized spacial score (nSPS) is 24.0. The van der Waals surface area contributed by atoms with Gasteiger partial charge < -0.3 is 9.47 Å². The Labute approximate surface area is 124 Å². The maximum absolute atomic E-state index is 12.1. The zero-order valence-corrected chi connectivity index (χ0v) is 12.3. The standard InChI is InChI=1S/C17H20O4/c1-12(18)14-4-2-13(3-5-14)10-15-11-17(21-16(15)19)6-8-20-9-7-17/h2-5,15H,6-11H2,1H3. The van der Waals surface area contributed by atoms with E-state index in [2.05, 4.69) is 0 Å². The number of carbonyl (C=O) groups excluding carboxylic acids is 2. The van der Waals surface area contributed by atoms with Gasteiger partial charge in [-0.2, -0.15) is 0 Å². The van der Waals surface area contributed by atoms with Gasteiger partial charge in [0.2, 0.25) is 0 Å². The Balaban J connectivity index is 1.67. The fraction of sp³-hybridized carbons (Fsp3) is 0.529. The Morgan fingerprint density at radius 1 is 1.24 bits per heavy atom. The van der Waals surface area contributed by atoms with Crippen molar-refractivity contribution in [2.45, 2.75) is 38.2 Å². The average molecular weight is 288 g/mol. The second-order valence-corrected chi connectivity index (χ2v) is 6.07. The summed E-state index contributed by atoms with van der Waals surface area (Å²) < 4.78 is 11.0. The molecule has 1 aromatic rings. The van der Waals surface area contributed by atoms with E-state index in [1.54, 1.807) is 6.92 Å². The Hall–Kier alpha value is -1.68. The van der Waals surface area contributed by atoms with Crippen LogP contribution < -0.4 is 0 Å². The fourth-order valence-electron chi connectivity index (χ4n) is 3.24. The van der Waals surface area contributed by atoms with Crippen molar-refractivity contribution in [3.63, 3.8) is 0 Å². The number of rotatable bonds is 3. The number of carbonyl (C=O) groups is 2. The second-order valence-electron chi connectivity index (χ2n) is 6.07. The highest BCUT2D eigenvalue weighted by Gasteiger charge is 2.47. The van der Waals surface area contributed by atoms with E-state index in [-0.39, 0.29) is 23.3 Å². The molecule has 0 aromatic heterocycles. The quantitative estimate of drug-likeness (QED) is 0.633. The molecule has 0 radical (unpaired) electrons. The molecule has 21 heavy (non-hydrogen) atoms. The molecule has 0 aliphatic carbocycles. The van der Waals surface area contributed by atoms with Gasteiger partial charge in [-0.25, -0.2) is 0 Å². The van der Waals surface area contributed by atoms with Crippen LogP contribution >= 0.6 is 0 Å². The zero-order chi connectivity index (χ0) is 14.9. The summed E-state index contributed by atoms with van der Waals surface area (Å²) in [6.07, 6.45) is 3.07. The van der Waals surface area contributed by atoms with Gasteiger partial charge in [0, 0.05) is 24.8 Å². The maximum Gasteiger partial charge on any atom is 0.309 e. The molecule has 2 fully saturated rings. The van der Waals surface area contributed by atoms with E-state index in [0.717, 1.165) is 24.8 Å². The molecule has 2 aliphatic heterocycles. The number of ketones is 1. The van der Waals surface area contributed by atoms with Crippen molar-refractivity contribution >= 4 is 11.8 Å². The van der Waals surface area contributed by atoms with Crippen molar-refractivity contribution in [2.24, 2.45) is 5.92 Å². The predicted octanol–water partition coefficient (Wildman–Crippen LogP) is 2.54. The SMILES string of the molecule is CC(=O)c1ccc(CC2CC3(CCOCC3)OC2=O)cc1. The molecule has 3 rings (SSSR count). The molecule has 1 unspecified atom stereocenters. The summed E-state index contributed by atoms with van der Waals surface area (Å²) in [6.45, 7) is 2.90. The first-order valence-corrected chi connectivity index (χ1v) is 7.48. The molecule has 2 heterocycles. The minimum atomic E-state index is -0.292. The third-order valence-electron chi connectivity index (χ3n) is 4.52. The Bertz CT molecular complexity index is 540. The van der Waals surface area contributed by atoms with Crippen LogP contribution in [0.1, 0.15) is 42.1 Å². The van der Waals surface area contributed by atoms with Crippen molar-refractivity contribution in [3.8, 4) is 0 Å². The maximum atomic E-state index is 12.1. The Morgan fingerprint density at radius 2 is 1.90 bits per heavy atom. The van der Waals surface area contributed by atoms with E-state index in [4.69, 9.17) is 9.47 Å². The highest BCUT2D eigenvalue weighted by molar-refractivity contribution is 5.94. The molecule has 1 atom stereocenters. The molecular formula is C17H20O4. The van der Waals surface area contributed by atoms with Crippen LogP contribution in [0.3, 0.4) is 0 Å². The molecule has 0 amide bonds. The Kier molecular flexibility index (Phi) is 3.81. The predicted molar refractivity (Wildman–Crippen MR) is 77.1 cm³/mol. The van der Waals surface area contributed by atoms with E-state index in [0.29, 0.717) is 25.2 Å². The number of hydrogen-bond donors (Lipinski definition) is 0. The second kappa shape index (κ2) is 5.60. The largest absolute Gasteiger partial charge is 0.459 e. The van der Waals surface area contributed by atoms with Crippen LogP contribution in [0.2, 0.25) is 0 Å². The summed E-state index contributed by atoms with van der Waals surface area (Å²) >= 11 is 0. The number of ether oxygens (including phenoxy) is 2. The first-order chi connectivity index (χ1) is 10.1. The third kappa shape index (κ3) is 3.00. The average Bonchev–Trinajstić information content (AvgIpc) is 2.76. The topological polar surface area (TPSA) is 52.6 Å². The van der Waals surface area contributed by atoms with Crippen LogP contribution in [0, 0.1) is 5.92 Å². The van der Waals surface area contributed by atoms with E-state index >= 15 is 0 Å². The number of esters is 1. The summed E-state index contributed by atoms with van der Waals surface area (Å²) in [4.78, 5) is 23.4. The first-order valence-electron chi connectivity index (χ1n) is 7.48. The molecule has 1 spiro atoms. The monoisotopic (exact) mass is 288 g/mol. The third-order valence-corrected chi connectivity index (χ3v) is 4.52. The van der Waals surface area contributed by atoms with E-state index in [1.165, 1.54) is 0 Å². The number of Topliss-reactive ketones (excluding diaryl/α,β-unsaturated/α-hetero) is 1. The summed E-state index contributed by atoms with van der Waals surface area (Å²) in [6, 6.07) is 7.50. The van der Waals surface area contributed by atoms with Gasteiger partial charge in [0.1, 0.15) is 5.60 Å². The lowest BCUT2D eigenvalue weighted by Gasteiger charge is -2.31. The molecule has 0 N–H and O–H groups in total. The van der Waals surface area contributed by atoms with Crippen molar-refractivity contribution < 1.29 is 19.1 Å². The lowest BCUT2D eigenvalue weighted by atomic mass is 9.85. The van der Waals surface area contributed by atoms with Crippen molar-refractivity contribution in [1.29, 1.82) is 0 Å². The molecule has 2 saturated heterocycles. The van der Waals surface area contributed by atoms with Crippen molar-refractivity contribution in [2.75, 3.05) is 13.2 Å². The van der Waals surface area contributed by atoms with Crippen LogP contribution in [0.25, 0.3) is 0 Å². The molecule has 2 aliphatic rings. The van der Waals surface area contributed by atoms with E-state index in [1.807, 2.05) is 24.3 Å². The van der Waals surface area contributed by atoms with E-state index in [9.17, 15) is 9.59 Å². The van der Waals surface area contributed by atoms with Gasteiger partial charge in [-0.05, 0) is 18.9 Å². The van der Waals surface area contributed by atoms with Crippen molar-refractivity contribution in [3.05, 3.63) is 35.4 Å². The molecule has 0 saturated carbocycles. The minimum absolute atomic E-state index is 0.0583. The van der Waals surface area contributed by atoms with E-state index < -0.39 is 0 Å². The molecule has 4 heteroatoms. The molecular weight excluding hydrogens is 268 g/mol. The Morgan fingerprint density at radius 3 is 2.52 bits per heavy atom. The smallest absolute Gasteiger partial charge is 0.309 e. The van der Waals surface area contributed by atoms with Gasteiger partial charge in [-0.3, -0.25) is 9.59 Å². The molecule has 4 nitrogen and oxygen atoms in total. The molecule has 1 aromatic carbocycles. The molecule has 0 bridgehead atoms. The van der Waals surface area contributed by atoms with Gasteiger partial charge in [0.15, 0.2) is 5.78 Å². The first kappa shape index (κ1) is 14.3. The van der Waals surface area contributed by atoms with Gasteiger partial charge in [0.25, 0.3) is 0 Å². The number of hydrogen-bond acceptors (Lipinski definition) is 4. The van der Waals surface area contributed by atoms with Crippen LogP contribution in [0.15, 0.2) is 24.3 Å². The minimum Gasteiger partial charge on any atom is -0.459 e. The van der Waals surface area contributed by atoms with Crippen LogP contribution in [0.4, 0.5) is 0 Å². The fourth-order valence-corrected chi connectivity index (χ4v) is 3.24. The lowest BCUT2D eigenvalue weighted by Crippen LogP contribution is -2.35. The summed E-state index contributed by atoms with van der Waals surface area (Å²) in [5.74, 6) is -0.109. The highest BCUT2D eigenvalue weighted by Crippen LogP contribution is 2.40. The van der Waals surface area contributed by atoms with Gasteiger partial charge in [-0.1, -0.05) is 24.3 Å². The summed E-state index contributed by atoms with van der Waals surface area (Å²) in [5.41, 5.74) is 1.49. The van der Waals surface area contributed by atoms with Gasteiger partial charge in [-0.15, -0.1) is 0 Å². The van der Waals surface area contributed by atoms with Gasteiger partial charge in [0.05, 0.1) is 19.1 Å². The van der Waals surface area contributed by atoms with Crippen LogP contribution in [-0.4, -0.2) is 30.6 Å². The van der Waals surface area contributed by atoms with Crippen LogP contribution in [-0.2, 0) is 20.7 Å². The highest BCUT2D eigenvalue weighted by atomic mass is 16.6. The molecule has 112 valence electrons. The number of benzene rings is 1. The summed E-state index contributed by atoms with van der Waals surface area (Å²) in [7, 11) is 0. The van der Waals surface area contributed by atoms with Crippen LogP contribution in [0.5, 0.6) is 0 Å². The zero-order valence-electron chi connectivity index (χ0n) is 12.3. The lowest BCUT2D eigenvalue weighted by molar-refractivity contribution is -0.156. The van der Waals surface area contributed by atoms with Crippen molar-refractivity contribution in [1.82, 2.24) is 0 Å². The summed E-state index contributed by atoms with van der Waals surface area (Å²) in [5, 5.41) is 0.